The molecule has 104 valence electrons. The van der Waals surface area contributed by atoms with Crippen LogP contribution in [0.2, 0.25) is 0 Å². The summed E-state index contributed by atoms with van der Waals surface area (Å²) in [6.45, 7) is 1.57. The lowest BCUT2D eigenvalue weighted by atomic mass is 9.96. The third-order valence-electron chi connectivity index (χ3n) is 2.42. The second kappa shape index (κ2) is 6.83. The lowest BCUT2D eigenvalue weighted by Gasteiger charge is -2.17. The van der Waals surface area contributed by atoms with E-state index in [9.17, 15) is 8.78 Å². The molecule has 0 aliphatic rings. The minimum atomic E-state index is -2.85. The zero-order valence-electron chi connectivity index (χ0n) is 10.7. The molecule has 1 N–H and O–H groups in total. The fourth-order valence-corrected chi connectivity index (χ4v) is 1.85. The van der Waals surface area contributed by atoms with Crippen molar-refractivity contribution in [2.45, 2.75) is 27.0 Å². The van der Waals surface area contributed by atoms with E-state index in [4.69, 9.17) is 5.26 Å². The summed E-state index contributed by atoms with van der Waals surface area (Å²) in [4.78, 5) is 0. The predicted octanol–water partition coefficient (Wildman–Crippen LogP) is 3.69. The maximum Gasteiger partial charge on any atom is 0.387 e. The van der Waals surface area contributed by atoms with E-state index in [2.05, 4.69) is 32.1 Å². The van der Waals surface area contributed by atoms with Gasteiger partial charge >= 0.3 is 6.61 Å². The van der Waals surface area contributed by atoms with Gasteiger partial charge in [0.1, 0.15) is 5.75 Å². The minimum absolute atomic E-state index is 0.139. The summed E-state index contributed by atoms with van der Waals surface area (Å²) in [5.74, 6) is 0.139. The Hall–Kier alpha value is -1.19. The molecule has 19 heavy (non-hydrogen) atoms. The average Bonchev–Trinajstić information content (AvgIpc) is 2.32. The third kappa shape index (κ3) is 5.53. The highest BCUT2D eigenvalue weighted by Crippen LogP contribution is 2.25. The number of rotatable bonds is 6. The first-order chi connectivity index (χ1) is 8.84. The number of benzene rings is 1. The Morgan fingerprint density at radius 1 is 1.47 bits per heavy atom. The van der Waals surface area contributed by atoms with Crippen molar-refractivity contribution in [3.05, 3.63) is 28.2 Å². The smallest absolute Gasteiger partial charge is 0.387 e. The van der Waals surface area contributed by atoms with E-state index in [0.29, 0.717) is 18.7 Å². The molecule has 0 spiro atoms. The number of halogens is 3. The molecule has 0 saturated carbocycles. The van der Waals surface area contributed by atoms with Crippen molar-refractivity contribution in [3.63, 3.8) is 0 Å². The summed E-state index contributed by atoms with van der Waals surface area (Å²) in [6.07, 6.45) is 0. The van der Waals surface area contributed by atoms with Gasteiger partial charge in [0.2, 0.25) is 0 Å². The van der Waals surface area contributed by atoms with Crippen LogP contribution in [0.1, 0.15) is 19.4 Å². The zero-order valence-corrected chi connectivity index (χ0v) is 12.3. The molecule has 0 atom stereocenters. The second-order valence-electron chi connectivity index (χ2n) is 4.73. The summed E-state index contributed by atoms with van der Waals surface area (Å²) < 4.78 is 29.8. The van der Waals surface area contributed by atoms with E-state index in [-0.39, 0.29) is 5.75 Å². The monoisotopic (exact) mass is 332 g/mol. The average molecular weight is 333 g/mol. The predicted molar refractivity (Wildman–Crippen MR) is 71.9 cm³/mol. The Bertz CT molecular complexity index is 472. The highest BCUT2D eigenvalue weighted by molar-refractivity contribution is 9.10. The molecule has 0 unspecified atom stereocenters. The van der Waals surface area contributed by atoms with Gasteiger partial charge in [-0.25, -0.2) is 0 Å². The molecule has 0 aromatic heterocycles. The molecular formula is C13H15BrF2N2O. The molecule has 0 aliphatic carbocycles. The van der Waals surface area contributed by atoms with Crippen molar-refractivity contribution >= 4 is 15.9 Å². The standard InChI is InChI=1S/C13H15BrF2N2O/c1-13(2,7-17)8-18-6-9-5-10(14)3-4-11(9)19-12(15)16/h3-5,12,18H,6,8H2,1-2H3. The first-order valence-electron chi connectivity index (χ1n) is 5.69. The maximum atomic E-state index is 12.3. The Balaban J connectivity index is 2.71. The molecular weight excluding hydrogens is 318 g/mol. The van der Waals surface area contributed by atoms with Gasteiger partial charge in [0, 0.05) is 23.1 Å². The summed E-state index contributed by atoms with van der Waals surface area (Å²) in [6, 6.07) is 7.00. The van der Waals surface area contributed by atoms with E-state index < -0.39 is 12.0 Å². The molecule has 0 aliphatic heterocycles. The Morgan fingerprint density at radius 3 is 2.74 bits per heavy atom. The lowest BCUT2D eigenvalue weighted by molar-refractivity contribution is -0.0505. The Labute approximate surface area is 119 Å². The van der Waals surface area contributed by atoms with Crippen molar-refractivity contribution in [1.29, 1.82) is 5.26 Å². The molecule has 0 bridgehead atoms. The number of nitriles is 1. The summed E-state index contributed by atoms with van der Waals surface area (Å²) in [7, 11) is 0. The number of nitrogens with one attached hydrogen (secondary N) is 1. The number of nitrogens with zero attached hydrogens (tertiary/aromatic N) is 1. The number of hydrogen-bond acceptors (Lipinski definition) is 3. The van der Waals surface area contributed by atoms with Gasteiger partial charge in [0.15, 0.2) is 0 Å². The summed E-state index contributed by atoms with van der Waals surface area (Å²) in [5.41, 5.74) is 0.110. The van der Waals surface area contributed by atoms with Crippen molar-refractivity contribution < 1.29 is 13.5 Å². The molecule has 1 aromatic carbocycles. The molecule has 6 heteroatoms. The van der Waals surface area contributed by atoms with E-state index in [0.717, 1.165) is 4.47 Å². The molecule has 0 amide bonds. The minimum Gasteiger partial charge on any atom is -0.434 e. The first kappa shape index (κ1) is 15.9. The molecule has 1 rings (SSSR count). The van der Waals surface area contributed by atoms with Crippen LogP contribution in [0, 0.1) is 16.7 Å². The van der Waals surface area contributed by atoms with Crippen LogP contribution >= 0.6 is 15.9 Å². The normalized spacial score (nSPS) is 11.4. The first-order valence-corrected chi connectivity index (χ1v) is 6.48. The lowest BCUT2D eigenvalue weighted by Crippen LogP contribution is -2.28. The molecule has 0 radical (unpaired) electrons. The summed E-state index contributed by atoms with van der Waals surface area (Å²) in [5, 5.41) is 12.0. The van der Waals surface area contributed by atoms with Gasteiger partial charge in [-0.05, 0) is 32.0 Å². The van der Waals surface area contributed by atoms with Crippen molar-refractivity contribution in [1.82, 2.24) is 5.32 Å². The highest BCUT2D eigenvalue weighted by Gasteiger charge is 2.16. The van der Waals surface area contributed by atoms with E-state index in [1.54, 1.807) is 26.0 Å². The summed E-state index contributed by atoms with van der Waals surface area (Å²) >= 11 is 3.28. The van der Waals surface area contributed by atoms with Crippen molar-refractivity contribution in [2.75, 3.05) is 6.54 Å². The molecule has 0 heterocycles. The van der Waals surface area contributed by atoms with Crippen molar-refractivity contribution in [3.8, 4) is 11.8 Å². The fourth-order valence-electron chi connectivity index (χ4n) is 1.45. The van der Waals surface area contributed by atoms with Gasteiger partial charge in [-0.2, -0.15) is 14.0 Å². The van der Waals surface area contributed by atoms with Crippen molar-refractivity contribution in [2.24, 2.45) is 5.41 Å². The highest BCUT2D eigenvalue weighted by atomic mass is 79.9. The van der Waals surface area contributed by atoms with Crippen LogP contribution in [-0.4, -0.2) is 13.2 Å². The number of ether oxygens (including phenoxy) is 1. The van der Waals surface area contributed by atoms with Crippen LogP contribution in [0.5, 0.6) is 5.75 Å². The van der Waals surface area contributed by atoms with E-state index in [1.165, 1.54) is 6.07 Å². The Kier molecular flexibility index (Phi) is 5.70. The van der Waals surface area contributed by atoms with Crippen LogP contribution in [0.15, 0.2) is 22.7 Å². The second-order valence-corrected chi connectivity index (χ2v) is 5.65. The van der Waals surface area contributed by atoms with Gasteiger partial charge in [0.25, 0.3) is 0 Å². The SMILES string of the molecule is CC(C)(C#N)CNCc1cc(Br)ccc1OC(F)F. The number of hydrogen-bond donors (Lipinski definition) is 1. The van der Waals surface area contributed by atoms with Gasteiger partial charge in [-0.1, -0.05) is 15.9 Å². The van der Waals surface area contributed by atoms with E-state index >= 15 is 0 Å². The van der Waals surface area contributed by atoms with Crippen LogP contribution in [0.3, 0.4) is 0 Å². The van der Waals surface area contributed by atoms with Gasteiger partial charge in [0.05, 0.1) is 11.5 Å². The largest absolute Gasteiger partial charge is 0.434 e. The maximum absolute atomic E-state index is 12.3. The zero-order chi connectivity index (χ0) is 14.5. The van der Waals surface area contributed by atoms with Crippen LogP contribution in [-0.2, 0) is 6.54 Å². The third-order valence-corrected chi connectivity index (χ3v) is 2.92. The van der Waals surface area contributed by atoms with Gasteiger partial charge in [-0.3, -0.25) is 0 Å². The Morgan fingerprint density at radius 2 is 2.16 bits per heavy atom. The molecule has 1 aromatic rings. The topological polar surface area (TPSA) is 45.0 Å². The molecule has 0 fully saturated rings. The van der Waals surface area contributed by atoms with Crippen LogP contribution < -0.4 is 10.1 Å². The quantitative estimate of drug-likeness (QED) is 0.864. The fraction of sp³-hybridized carbons (Fsp3) is 0.462. The molecule has 3 nitrogen and oxygen atoms in total. The van der Waals surface area contributed by atoms with Gasteiger partial charge < -0.3 is 10.1 Å². The number of alkyl halides is 2. The van der Waals surface area contributed by atoms with Crippen LogP contribution in [0.25, 0.3) is 0 Å². The van der Waals surface area contributed by atoms with E-state index in [1.807, 2.05) is 0 Å². The van der Waals surface area contributed by atoms with Crippen LogP contribution in [0.4, 0.5) is 8.78 Å². The van der Waals surface area contributed by atoms with Gasteiger partial charge in [-0.15, -0.1) is 0 Å². The molecule has 0 saturated heterocycles.